The molecule has 0 saturated carbocycles. The average Bonchev–Trinajstić information content (AvgIpc) is 2.63. The second-order valence-electron chi connectivity index (χ2n) is 4.86. The molecule has 0 unspecified atom stereocenters. The van der Waals surface area contributed by atoms with Gasteiger partial charge in [0.2, 0.25) is 19.7 Å². The molecule has 2 aromatic carbocycles. The van der Waals surface area contributed by atoms with Crippen LogP contribution in [0, 0.1) is 0 Å². The van der Waals surface area contributed by atoms with Crippen LogP contribution < -0.4 is 0 Å². The van der Waals surface area contributed by atoms with Crippen molar-refractivity contribution in [1.29, 1.82) is 0 Å². The standard InChI is InChI=1S/C16H12N2O4S2/c19-23(20,13-7-3-1-4-8-13)15-11-16(18-17-12-15)24(21,22)14-9-5-2-6-10-14/h1-12H. The second-order valence-corrected chi connectivity index (χ2v) is 8.71. The van der Waals surface area contributed by atoms with Crippen molar-refractivity contribution in [1.82, 2.24) is 10.2 Å². The van der Waals surface area contributed by atoms with E-state index >= 15 is 0 Å². The first-order valence-electron chi connectivity index (χ1n) is 6.85. The lowest BCUT2D eigenvalue weighted by molar-refractivity contribution is 0.587. The summed E-state index contributed by atoms with van der Waals surface area (Å²) in [6.45, 7) is 0. The molecule has 0 atom stereocenters. The third-order valence-corrected chi connectivity index (χ3v) is 6.68. The largest absolute Gasteiger partial charge is 0.225 e. The molecule has 24 heavy (non-hydrogen) atoms. The Morgan fingerprint density at radius 2 is 1.12 bits per heavy atom. The molecule has 1 heterocycles. The third kappa shape index (κ3) is 2.93. The highest BCUT2D eigenvalue weighted by Gasteiger charge is 2.24. The number of hydrogen-bond donors (Lipinski definition) is 0. The minimum atomic E-state index is -3.94. The van der Waals surface area contributed by atoms with Gasteiger partial charge >= 0.3 is 0 Å². The molecule has 0 aliphatic rings. The Bertz CT molecular complexity index is 981. The van der Waals surface area contributed by atoms with Gasteiger partial charge in [0.15, 0.2) is 5.03 Å². The lowest BCUT2D eigenvalue weighted by Crippen LogP contribution is -2.09. The van der Waals surface area contributed by atoms with Crippen LogP contribution in [-0.4, -0.2) is 27.0 Å². The van der Waals surface area contributed by atoms with Gasteiger partial charge in [0.1, 0.15) is 0 Å². The molecule has 0 radical (unpaired) electrons. The van der Waals surface area contributed by atoms with Gasteiger partial charge in [-0.1, -0.05) is 36.4 Å². The molecule has 0 aliphatic heterocycles. The van der Waals surface area contributed by atoms with Gasteiger partial charge < -0.3 is 0 Å². The van der Waals surface area contributed by atoms with Crippen molar-refractivity contribution in [3.63, 3.8) is 0 Å². The van der Waals surface area contributed by atoms with E-state index in [0.29, 0.717) is 0 Å². The summed E-state index contributed by atoms with van der Waals surface area (Å²) < 4.78 is 50.3. The highest BCUT2D eigenvalue weighted by Crippen LogP contribution is 2.24. The van der Waals surface area contributed by atoms with E-state index in [9.17, 15) is 16.8 Å². The number of sulfone groups is 2. The minimum absolute atomic E-state index is 0.0218. The van der Waals surface area contributed by atoms with E-state index in [2.05, 4.69) is 10.2 Å². The lowest BCUT2D eigenvalue weighted by Gasteiger charge is -2.06. The molecule has 6 nitrogen and oxygen atoms in total. The molecule has 3 aromatic rings. The number of nitrogens with zero attached hydrogens (tertiary/aromatic N) is 2. The van der Waals surface area contributed by atoms with Gasteiger partial charge in [-0.25, -0.2) is 16.8 Å². The van der Waals surface area contributed by atoms with Crippen LogP contribution in [0.25, 0.3) is 0 Å². The Kier molecular flexibility index (Phi) is 4.16. The minimum Gasteiger partial charge on any atom is -0.218 e. The van der Waals surface area contributed by atoms with Gasteiger partial charge in [0, 0.05) is 0 Å². The Morgan fingerprint density at radius 3 is 1.67 bits per heavy atom. The SMILES string of the molecule is O=S(=O)(c1ccccc1)c1cnnc(S(=O)(=O)c2ccccc2)c1. The molecular weight excluding hydrogens is 348 g/mol. The average molecular weight is 360 g/mol. The fourth-order valence-electron chi connectivity index (χ4n) is 2.06. The summed E-state index contributed by atoms with van der Waals surface area (Å²) in [5.41, 5.74) is 0. The highest BCUT2D eigenvalue weighted by molar-refractivity contribution is 7.92. The second kappa shape index (κ2) is 6.14. The zero-order chi connectivity index (χ0) is 17.2. The Hall–Kier alpha value is -2.58. The van der Waals surface area contributed by atoms with Crippen LogP contribution >= 0.6 is 0 Å². The van der Waals surface area contributed by atoms with Crippen LogP contribution in [0.5, 0.6) is 0 Å². The Balaban J connectivity index is 2.11. The zero-order valence-corrected chi connectivity index (χ0v) is 13.9. The molecule has 0 spiro atoms. The van der Waals surface area contributed by atoms with E-state index in [1.165, 1.54) is 24.3 Å². The van der Waals surface area contributed by atoms with Gasteiger partial charge in [0.05, 0.1) is 20.9 Å². The smallest absolute Gasteiger partial charge is 0.218 e. The van der Waals surface area contributed by atoms with Crippen LogP contribution in [0.15, 0.2) is 92.6 Å². The highest BCUT2D eigenvalue weighted by atomic mass is 32.2. The molecule has 1 aromatic heterocycles. The van der Waals surface area contributed by atoms with Crippen molar-refractivity contribution < 1.29 is 16.8 Å². The molecule has 0 fully saturated rings. The van der Waals surface area contributed by atoms with E-state index in [1.807, 2.05) is 0 Å². The summed E-state index contributed by atoms with van der Waals surface area (Å²) in [6.07, 6.45) is 1.03. The molecular formula is C16H12N2O4S2. The molecule has 0 amide bonds. The molecule has 0 N–H and O–H groups in total. The fraction of sp³-hybridized carbons (Fsp3) is 0. The Labute approximate surface area is 139 Å². The maximum absolute atomic E-state index is 12.6. The van der Waals surface area contributed by atoms with E-state index in [0.717, 1.165) is 12.3 Å². The van der Waals surface area contributed by atoms with Crippen LogP contribution in [-0.2, 0) is 19.7 Å². The fourth-order valence-corrected chi connectivity index (χ4v) is 4.57. The first kappa shape index (κ1) is 16.3. The summed E-state index contributed by atoms with van der Waals surface area (Å²) in [7, 11) is -7.81. The summed E-state index contributed by atoms with van der Waals surface area (Å²) in [5.74, 6) is 0. The molecule has 0 bridgehead atoms. The summed E-state index contributed by atoms with van der Waals surface area (Å²) >= 11 is 0. The maximum Gasteiger partial charge on any atom is 0.225 e. The van der Waals surface area contributed by atoms with Crippen LogP contribution in [0.2, 0.25) is 0 Å². The first-order chi connectivity index (χ1) is 11.4. The predicted octanol–water partition coefficient (Wildman–Crippen LogP) is 2.14. The van der Waals surface area contributed by atoms with E-state index in [1.54, 1.807) is 36.4 Å². The first-order valence-corrected chi connectivity index (χ1v) is 9.82. The van der Waals surface area contributed by atoms with E-state index < -0.39 is 24.7 Å². The van der Waals surface area contributed by atoms with Crippen molar-refractivity contribution in [3.8, 4) is 0 Å². The van der Waals surface area contributed by atoms with Crippen LogP contribution in [0.3, 0.4) is 0 Å². The topological polar surface area (TPSA) is 94.1 Å². The number of benzene rings is 2. The summed E-state index contributed by atoms with van der Waals surface area (Å²) in [6, 6.07) is 16.4. The van der Waals surface area contributed by atoms with Crippen LogP contribution in [0.4, 0.5) is 0 Å². The quantitative estimate of drug-likeness (QED) is 0.707. The van der Waals surface area contributed by atoms with Gasteiger partial charge in [-0.15, -0.1) is 5.10 Å². The van der Waals surface area contributed by atoms with Crippen molar-refractivity contribution in [3.05, 3.63) is 72.9 Å². The van der Waals surface area contributed by atoms with Gasteiger partial charge in [-0.05, 0) is 30.3 Å². The van der Waals surface area contributed by atoms with Gasteiger partial charge in [-0.3, -0.25) is 0 Å². The number of hydrogen-bond acceptors (Lipinski definition) is 6. The normalized spacial score (nSPS) is 12.0. The third-order valence-electron chi connectivity index (χ3n) is 3.30. The molecule has 0 saturated heterocycles. The van der Waals surface area contributed by atoms with Crippen molar-refractivity contribution in [2.45, 2.75) is 19.7 Å². The summed E-state index contributed by atoms with van der Waals surface area (Å²) in [5, 5.41) is 6.74. The molecule has 3 rings (SSSR count). The predicted molar refractivity (Wildman–Crippen MR) is 85.8 cm³/mol. The van der Waals surface area contributed by atoms with E-state index in [-0.39, 0.29) is 14.7 Å². The van der Waals surface area contributed by atoms with Crippen molar-refractivity contribution in [2.24, 2.45) is 0 Å². The van der Waals surface area contributed by atoms with E-state index in [4.69, 9.17) is 0 Å². The van der Waals surface area contributed by atoms with Crippen molar-refractivity contribution >= 4 is 19.7 Å². The van der Waals surface area contributed by atoms with Crippen LogP contribution in [0.1, 0.15) is 0 Å². The zero-order valence-electron chi connectivity index (χ0n) is 12.3. The Morgan fingerprint density at radius 1 is 0.625 bits per heavy atom. The van der Waals surface area contributed by atoms with Gasteiger partial charge in [-0.2, -0.15) is 5.10 Å². The molecule has 0 aliphatic carbocycles. The molecule has 8 heteroatoms. The lowest BCUT2D eigenvalue weighted by atomic mass is 10.4. The molecule has 122 valence electrons. The van der Waals surface area contributed by atoms with Gasteiger partial charge in [0.25, 0.3) is 0 Å². The monoisotopic (exact) mass is 360 g/mol. The maximum atomic E-state index is 12.6. The number of rotatable bonds is 4. The van der Waals surface area contributed by atoms with Crippen molar-refractivity contribution in [2.75, 3.05) is 0 Å². The summed E-state index contributed by atoms with van der Waals surface area (Å²) in [4.78, 5) is -0.146. The number of aromatic nitrogens is 2.